The molecule has 0 fully saturated rings. The highest BCUT2D eigenvalue weighted by atomic mass is 31.2. The van der Waals surface area contributed by atoms with Gasteiger partial charge in [-0.3, -0.25) is 9.36 Å². The molecule has 0 aliphatic carbocycles. The molecule has 0 aliphatic heterocycles. The summed E-state index contributed by atoms with van der Waals surface area (Å²) in [6.45, 7) is 2.35. The van der Waals surface area contributed by atoms with E-state index in [0.717, 1.165) is 0 Å². The van der Waals surface area contributed by atoms with Crippen molar-refractivity contribution in [3.63, 3.8) is 0 Å². The molecular formula is C16H17O5P. The van der Waals surface area contributed by atoms with Gasteiger partial charge in [0, 0.05) is 5.56 Å². The van der Waals surface area contributed by atoms with Crippen LogP contribution in [-0.2, 0) is 4.57 Å². The van der Waals surface area contributed by atoms with Gasteiger partial charge in [-0.2, -0.15) is 0 Å². The van der Waals surface area contributed by atoms with Crippen LogP contribution < -0.4 is 4.74 Å². The van der Waals surface area contributed by atoms with Gasteiger partial charge in [-0.05, 0) is 36.8 Å². The lowest BCUT2D eigenvalue weighted by Crippen LogP contribution is -2.13. The van der Waals surface area contributed by atoms with Crippen molar-refractivity contribution < 1.29 is 23.9 Å². The molecule has 0 radical (unpaired) electrons. The monoisotopic (exact) mass is 320 g/mol. The van der Waals surface area contributed by atoms with Crippen LogP contribution in [0, 0.1) is 0 Å². The number of ether oxygens (including phenoxy) is 1. The Hall–Kier alpha value is -1.94. The minimum atomic E-state index is -4.62. The van der Waals surface area contributed by atoms with Crippen molar-refractivity contribution in [1.29, 1.82) is 0 Å². The summed E-state index contributed by atoms with van der Waals surface area (Å²) in [5, 5.41) is 0. The molecule has 0 spiro atoms. The van der Waals surface area contributed by atoms with Gasteiger partial charge in [0.25, 0.3) is 0 Å². The molecule has 2 aromatic rings. The Kier molecular flexibility index (Phi) is 5.14. The largest absolute Gasteiger partial charge is 0.494 e. The van der Waals surface area contributed by atoms with Crippen LogP contribution in [0.15, 0.2) is 54.6 Å². The van der Waals surface area contributed by atoms with Crippen LogP contribution in [0.5, 0.6) is 5.75 Å². The summed E-state index contributed by atoms with van der Waals surface area (Å²) in [5.74, 6) is -0.00549. The molecule has 0 amide bonds. The predicted octanol–water partition coefficient (Wildman–Crippen LogP) is 3.19. The van der Waals surface area contributed by atoms with E-state index in [1.54, 1.807) is 30.3 Å². The lowest BCUT2D eigenvalue weighted by Gasteiger charge is -2.18. The zero-order valence-corrected chi connectivity index (χ0v) is 12.9. The zero-order valence-electron chi connectivity index (χ0n) is 12.0. The number of Topliss-reactive ketones (excluding diaryl/α,β-unsaturated/α-hetero) is 1. The first-order valence-corrected chi connectivity index (χ1v) is 8.49. The van der Waals surface area contributed by atoms with Crippen LogP contribution in [0.1, 0.15) is 28.5 Å². The first-order valence-electron chi connectivity index (χ1n) is 6.80. The Morgan fingerprint density at radius 2 is 1.68 bits per heavy atom. The quantitative estimate of drug-likeness (QED) is 0.631. The van der Waals surface area contributed by atoms with Gasteiger partial charge in [0.2, 0.25) is 0 Å². The highest BCUT2D eigenvalue weighted by Crippen LogP contribution is 2.53. The number of carbonyl (C=O) groups is 1. The normalized spacial score (nSPS) is 12.7. The number of rotatable bonds is 6. The first-order chi connectivity index (χ1) is 10.4. The Morgan fingerprint density at radius 3 is 2.18 bits per heavy atom. The number of carbonyl (C=O) groups excluding carboxylic acids is 1. The third kappa shape index (κ3) is 3.83. The molecule has 0 bridgehead atoms. The fraction of sp³-hybridized carbons (Fsp3) is 0.188. The smallest absolute Gasteiger partial charge is 0.340 e. The Morgan fingerprint density at radius 1 is 1.09 bits per heavy atom. The maximum Gasteiger partial charge on any atom is 0.340 e. The van der Waals surface area contributed by atoms with Gasteiger partial charge >= 0.3 is 7.60 Å². The second-order valence-electron chi connectivity index (χ2n) is 4.72. The molecule has 5 nitrogen and oxygen atoms in total. The van der Waals surface area contributed by atoms with Gasteiger partial charge < -0.3 is 14.5 Å². The van der Waals surface area contributed by atoms with Gasteiger partial charge in [-0.15, -0.1) is 0 Å². The van der Waals surface area contributed by atoms with E-state index < -0.39 is 19.0 Å². The van der Waals surface area contributed by atoms with E-state index in [9.17, 15) is 19.1 Å². The average Bonchev–Trinajstić information content (AvgIpc) is 2.48. The maximum absolute atomic E-state index is 12.5. The van der Waals surface area contributed by atoms with E-state index in [2.05, 4.69) is 0 Å². The molecular weight excluding hydrogens is 303 g/mol. The topological polar surface area (TPSA) is 83.8 Å². The maximum atomic E-state index is 12.5. The molecule has 1 atom stereocenters. The molecule has 0 aliphatic rings. The molecule has 2 rings (SSSR count). The SMILES string of the molecule is CCOc1ccc(C(=O)C(c2ccccc2)P(=O)(O)O)cc1. The lowest BCUT2D eigenvalue weighted by atomic mass is 10.0. The number of hydrogen-bond donors (Lipinski definition) is 2. The minimum Gasteiger partial charge on any atom is -0.494 e. The fourth-order valence-corrected chi connectivity index (χ4v) is 3.19. The van der Waals surface area contributed by atoms with E-state index in [1.807, 2.05) is 6.92 Å². The van der Waals surface area contributed by atoms with E-state index in [-0.39, 0.29) is 5.56 Å². The van der Waals surface area contributed by atoms with E-state index >= 15 is 0 Å². The molecule has 1 unspecified atom stereocenters. The van der Waals surface area contributed by atoms with Gasteiger partial charge in [-0.1, -0.05) is 30.3 Å². The molecule has 116 valence electrons. The lowest BCUT2D eigenvalue weighted by molar-refractivity contribution is 0.0978. The van der Waals surface area contributed by atoms with Crippen LogP contribution >= 0.6 is 7.60 Å². The summed E-state index contributed by atoms with van der Waals surface area (Å²) in [7, 11) is -4.62. The summed E-state index contributed by atoms with van der Waals surface area (Å²) in [6, 6.07) is 14.3. The molecule has 0 heterocycles. The summed E-state index contributed by atoms with van der Waals surface area (Å²) in [5.41, 5.74) is -0.956. The van der Waals surface area contributed by atoms with Gasteiger partial charge in [0.1, 0.15) is 11.4 Å². The van der Waals surface area contributed by atoms with Gasteiger partial charge in [0.15, 0.2) is 5.78 Å². The van der Waals surface area contributed by atoms with E-state index in [4.69, 9.17) is 4.74 Å². The van der Waals surface area contributed by atoms with Crippen LogP contribution in [0.25, 0.3) is 0 Å². The highest BCUT2D eigenvalue weighted by Gasteiger charge is 2.37. The first kappa shape index (κ1) is 16.4. The van der Waals surface area contributed by atoms with Crippen molar-refractivity contribution >= 4 is 13.4 Å². The van der Waals surface area contributed by atoms with Crippen LogP contribution in [0.2, 0.25) is 0 Å². The molecule has 2 aromatic carbocycles. The standard InChI is InChI=1S/C16H17O5P/c1-2-21-14-10-8-12(9-11-14)15(17)16(22(18,19)20)13-6-4-3-5-7-13/h3-11,16H,2H2,1H3,(H2,18,19,20). The second kappa shape index (κ2) is 6.88. The van der Waals surface area contributed by atoms with Crippen molar-refractivity contribution in [3.05, 3.63) is 65.7 Å². The Labute approximate surface area is 128 Å². The molecule has 0 saturated heterocycles. The molecule has 6 heteroatoms. The second-order valence-corrected chi connectivity index (χ2v) is 6.42. The van der Waals surface area contributed by atoms with Gasteiger partial charge in [0.05, 0.1) is 6.61 Å². The Balaban J connectivity index is 2.36. The van der Waals surface area contributed by atoms with Crippen molar-refractivity contribution in [2.75, 3.05) is 6.61 Å². The molecule has 0 aromatic heterocycles. The summed E-state index contributed by atoms with van der Waals surface area (Å²) >= 11 is 0. The third-order valence-corrected chi connectivity index (χ3v) is 4.36. The minimum absolute atomic E-state index is 0.237. The third-order valence-electron chi connectivity index (χ3n) is 3.15. The van der Waals surface area contributed by atoms with Crippen LogP contribution in [0.3, 0.4) is 0 Å². The molecule has 22 heavy (non-hydrogen) atoms. The van der Waals surface area contributed by atoms with Gasteiger partial charge in [-0.25, -0.2) is 0 Å². The summed E-state index contributed by atoms with van der Waals surface area (Å²) in [4.78, 5) is 31.7. The van der Waals surface area contributed by atoms with Crippen molar-refractivity contribution in [2.24, 2.45) is 0 Å². The van der Waals surface area contributed by atoms with E-state index in [1.165, 1.54) is 24.3 Å². The van der Waals surface area contributed by atoms with Crippen molar-refractivity contribution in [2.45, 2.75) is 12.6 Å². The number of ketones is 1. The Bertz CT molecular complexity index is 675. The van der Waals surface area contributed by atoms with Crippen molar-refractivity contribution in [1.82, 2.24) is 0 Å². The summed E-state index contributed by atoms with van der Waals surface area (Å²) < 4.78 is 17.1. The highest BCUT2D eigenvalue weighted by molar-refractivity contribution is 7.53. The van der Waals surface area contributed by atoms with Crippen molar-refractivity contribution in [3.8, 4) is 5.75 Å². The predicted molar refractivity (Wildman–Crippen MR) is 83.2 cm³/mol. The summed E-state index contributed by atoms with van der Waals surface area (Å²) in [6.07, 6.45) is 0. The van der Waals surface area contributed by atoms with E-state index in [0.29, 0.717) is 17.9 Å². The number of benzene rings is 2. The van der Waals surface area contributed by atoms with Crippen LogP contribution in [-0.4, -0.2) is 22.2 Å². The molecule has 0 saturated carbocycles. The fourth-order valence-electron chi connectivity index (χ4n) is 2.17. The van der Waals surface area contributed by atoms with Crippen LogP contribution in [0.4, 0.5) is 0 Å². The number of hydrogen-bond acceptors (Lipinski definition) is 3. The molecule has 2 N–H and O–H groups in total. The zero-order chi connectivity index (χ0) is 16.2. The average molecular weight is 320 g/mol.